The molecule has 0 saturated heterocycles. The molecule has 2 aromatic heterocycles. The fraction of sp³-hybridized carbons (Fsp3) is 0.625. The summed E-state index contributed by atoms with van der Waals surface area (Å²) in [6, 6.07) is 1.98. The fourth-order valence-corrected chi connectivity index (χ4v) is 2.89. The summed E-state index contributed by atoms with van der Waals surface area (Å²) >= 11 is 0. The fourth-order valence-electron chi connectivity index (χ4n) is 2.89. The molecule has 2 aromatic rings. The van der Waals surface area contributed by atoms with Crippen molar-refractivity contribution in [1.82, 2.24) is 19.9 Å². The predicted octanol–water partition coefficient (Wildman–Crippen LogP) is 2.48. The second-order valence-electron chi connectivity index (χ2n) is 5.86. The lowest BCUT2D eigenvalue weighted by Gasteiger charge is -2.22. The molecule has 1 fully saturated rings. The van der Waals surface area contributed by atoms with Gasteiger partial charge in [0, 0.05) is 37.1 Å². The lowest BCUT2D eigenvalue weighted by molar-refractivity contribution is 0.0302. The molecule has 0 aromatic carbocycles. The molecule has 0 unspecified atom stereocenters. The third-order valence-corrected chi connectivity index (χ3v) is 4.00. The van der Waals surface area contributed by atoms with Gasteiger partial charge in [-0.1, -0.05) is 19.3 Å². The van der Waals surface area contributed by atoms with Gasteiger partial charge in [0.25, 0.3) is 0 Å². The zero-order valence-electron chi connectivity index (χ0n) is 12.7. The Labute approximate surface area is 125 Å². The Bertz CT molecular complexity index is 575. The summed E-state index contributed by atoms with van der Waals surface area (Å²) in [5, 5.41) is 7.79. The number of ether oxygens (including phenoxy) is 1. The van der Waals surface area contributed by atoms with Gasteiger partial charge in [-0.25, -0.2) is 9.50 Å². The predicted molar refractivity (Wildman–Crippen MR) is 82.3 cm³/mol. The Morgan fingerprint density at radius 1 is 1.33 bits per heavy atom. The van der Waals surface area contributed by atoms with Crippen molar-refractivity contribution in [3.8, 4) is 0 Å². The largest absolute Gasteiger partial charge is 0.377 e. The van der Waals surface area contributed by atoms with E-state index >= 15 is 0 Å². The van der Waals surface area contributed by atoms with E-state index in [4.69, 9.17) is 4.74 Å². The molecule has 1 aliphatic rings. The molecule has 0 atom stereocenters. The van der Waals surface area contributed by atoms with Gasteiger partial charge >= 0.3 is 0 Å². The van der Waals surface area contributed by atoms with E-state index in [1.807, 2.05) is 29.9 Å². The van der Waals surface area contributed by atoms with Crippen LogP contribution in [0.4, 0.5) is 0 Å². The van der Waals surface area contributed by atoms with E-state index < -0.39 is 0 Å². The van der Waals surface area contributed by atoms with E-state index in [1.165, 1.54) is 32.1 Å². The van der Waals surface area contributed by atoms with Crippen LogP contribution in [0.3, 0.4) is 0 Å². The lowest BCUT2D eigenvalue weighted by Crippen LogP contribution is -2.24. The van der Waals surface area contributed by atoms with E-state index in [0.717, 1.165) is 36.6 Å². The first-order chi connectivity index (χ1) is 10.3. The average molecular weight is 288 g/mol. The van der Waals surface area contributed by atoms with E-state index in [9.17, 15) is 0 Å². The second-order valence-corrected chi connectivity index (χ2v) is 5.86. The zero-order chi connectivity index (χ0) is 14.5. The number of hydrogen-bond acceptors (Lipinski definition) is 4. The Balaban J connectivity index is 1.39. The van der Waals surface area contributed by atoms with E-state index in [2.05, 4.69) is 15.4 Å². The molecule has 114 valence electrons. The molecule has 5 nitrogen and oxygen atoms in total. The zero-order valence-corrected chi connectivity index (χ0v) is 12.7. The van der Waals surface area contributed by atoms with Crippen molar-refractivity contribution < 1.29 is 4.74 Å². The lowest BCUT2D eigenvalue weighted by atomic mass is 9.98. The maximum absolute atomic E-state index is 5.90. The molecule has 1 saturated carbocycles. The van der Waals surface area contributed by atoms with Crippen LogP contribution in [0, 0.1) is 6.92 Å². The number of hydrogen-bond donors (Lipinski definition) is 1. The number of aromatic nitrogens is 3. The maximum Gasteiger partial charge on any atom is 0.155 e. The average Bonchev–Trinajstić information content (AvgIpc) is 2.87. The van der Waals surface area contributed by atoms with Gasteiger partial charge in [0.2, 0.25) is 0 Å². The van der Waals surface area contributed by atoms with Crippen molar-refractivity contribution in [2.45, 2.75) is 51.7 Å². The molecule has 21 heavy (non-hydrogen) atoms. The Morgan fingerprint density at radius 2 is 2.19 bits per heavy atom. The van der Waals surface area contributed by atoms with Gasteiger partial charge in [-0.05, 0) is 19.8 Å². The van der Waals surface area contributed by atoms with Crippen LogP contribution in [0.1, 0.15) is 43.4 Å². The smallest absolute Gasteiger partial charge is 0.155 e. The van der Waals surface area contributed by atoms with Gasteiger partial charge in [0.05, 0.1) is 18.4 Å². The molecule has 3 rings (SSSR count). The first-order valence-electron chi connectivity index (χ1n) is 7.94. The van der Waals surface area contributed by atoms with Gasteiger partial charge in [-0.3, -0.25) is 0 Å². The monoisotopic (exact) mass is 288 g/mol. The van der Waals surface area contributed by atoms with Crippen LogP contribution in [0.15, 0.2) is 18.5 Å². The maximum atomic E-state index is 5.90. The van der Waals surface area contributed by atoms with Crippen LogP contribution in [-0.4, -0.2) is 33.9 Å². The highest BCUT2D eigenvalue weighted by atomic mass is 16.5. The topological polar surface area (TPSA) is 51.5 Å². The number of aryl methyl sites for hydroxylation is 1. The van der Waals surface area contributed by atoms with Gasteiger partial charge in [0.15, 0.2) is 5.65 Å². The van der Waals surface area contributed by atoms with Gasteiger partial charge in [-0.2, -0.15) is 5.10 Å². The van der Waals surface area contributed by atoms with Crippen molar-refractivity contribution in [3.63, 3.8) is 0 Å². The number of rotatable bonds is 6. The van der Waals surface area contributed by atoms with Crippen LogP contribution in [-0.2, 0) is 11.3 Å². The van der Waals surface area contributed by atoms with Gasteiger partial charge in [0.1, 0.15) is 0 Å². The van der Waals surface area contributed by atoms with Crippen LogP contribution in [0.2, 0.25) is 0 Å². The minimum atomic E-state index is 0.491. The summed E-state index contributed by atoms with van der Waals surface area (Å²) in [7, 11) is 0. The Hall–Kier alpha value is -1.46. The standard InChI is InChI=1S/C16H24N4O/c1-13-9-16-18-11-14(12-20(16)19-13)10-17-7-8-21-15-5-3-2-4-6-15/h9,11-12,15,17H,2-8,10H2,1H3. The highest BCUT2D eigenvalue weighted by molar-refractivity contribution is 5.38. The van der Waals surface area contributed by atoms with Crippen molar-refractivity contribution in [3.05, 3.63) is 29.7 Å². The minimum absolute atomic E-state index is 0.491. The highest BCUT2D eigenvalue weighted by Crippen LogP contribution is 2.19. The normalized spacial score (nSPS) is 16.6. The number of nitrogens with one attached hydrogen (secondary N) is 1. The first kappa shape index (κ1) is 14.5. The SMILES string of the molecule is Cc1cc2ncc(CNCCOC3CCCCC3)cn2n1. The quantitative estimate of drug-likeness (QED) is 0.830. The third-order valence-electron chi connectivity index (χ3n) is 4.00. The Kier molecular flexibility index (Phi) is 4.83. The highest BCUT2D eigenvalue weighted by Gasteiger charge is 2.12. The molecular formula is C16H24N4O. The number of nitrogens with zero attached hydrogens (tertiary/aromatic N) is 3. The van der Waals surface area contributed by atoms with E-state index in [0.29, 0.717) is 6.10 Å². The molecule has 1 N–H and O–H groups in total. The molecule has 5 heteroatoms. The van der Waals surface area contributed by atoms with Crippen molar-refractivity contribution in [2.75, 3.05) is 13.2 Å². The van der Waals surface area contributed by atoms with Gasteiger partial charge < -0.3 is 10.1 Å². The van der Waals surface area contributed by atoms with E-state index in [-0.39, 0.29) is 0 Å². The van der Waals surface area contributed by atoms with Crippen LogP contribution >= 0.6 is 0 Å². The van der Waals surface area contributed by atoms with Crippen LogP contribution in [0.25, 0.3) is 5.65 Å². The number of fused-ring (bicyclic) bond motifs is 1. The minimum Gasteiger partial charge on any atom is -0.377 e. The summed E-state index contributed by atoms with van der Waals surface area (Å²) in [5.74, 6) is 0. The molecule has 0 radical (unpaired) electrons. The summed E-state index contributed by atoms with van der Waals surface area (Å²) in [6.45, 7) is 4.46. The second kappa shape index (κ2) is 7.00. The molecule has 0 aliphatic heterocycles. The van der Waals surface area contributed by atoms with Crippen LogP contribution in [0.5, 0.6) is 0 Å². The third kappa shape index (κ3) is 4.02. The molecule has 1 aliphatic carbocycles. The van der Waals surface area contributed by atoms with Crippen molar-refractivity contribution in [2.24, 2.45) is 0 Å². The summed E-state index contributed by atoms with van der Waals surface area (Å²) in [6.07, 6.45) is 10.9. The van der Waals surface area contributed by atoms with Crippen molar-refractivity contribution in [1.29, 1.82) is 0 Å². The summed E-state index contributed by atoms with van der Waals surface area (Å²) < 4.78 is 7.74. The first-order valence-corrected chi connectivity index (χ1v) is 7.94. The molecule has 0 bridgehead atoms. The molecule has 0 spiro atoms. The Morgan fingerprint density at radius 3 is 3.05 bits per heavy atom. The molecular weight excluding hydrogens is 264 g/mol. The molecule has 0 amide bonds. The van der Waals surface area contributed by atoms with Gasteiger partial charge in [-0.15, -0.1) is 0 Å². The van der Waals surface area contributed by atoms with Crippen LogP contribution < -0.4 is 5.32 Å². The van der Waals surface area contributed by atoms with E-state index in [1.54, 1.807) is 0 Å². The summed E-state index contributed by atoms with van der Waals surface area (Å²) in [5.41, 5.74) is 3.04. The summed E-state index contributed by atoms with van der Waals surface area (Å²) in [4.78, 5) is 4.40. The molecule has 2 heterocycles. The van der Waals surface area contributed by atoms with Crippen molar-refractivity contribution >= 4 is 5.65 Å².